The van der Waals surface area contributed by atoms with Gasteiger partial charge < -0.3 is 21.4 Å². The molecular formula is C20H29N5O3. The van der Waals surface area contributed by atoms with Gasteiger partial charge in [0.25, 0.3) is 5.56 Å². The first-order chi connectivity index (χ1) is 13.2. The number of hydrogen-bond acceptors (Lipinski definition) is 5. The molecule has 8 heteroatoms. The number of H-pyrrole nitrogens is 1. The van der Waals surface area contributed by atoms with Gasteiger partial charge in [-0.05, 0) is 37.7 Å². The second-order valence-corrected chi connectivity index (χ2v) is 7.98. The van der Waals surface area contributed by atoms with Crippen molar-refractivity contribution in [2.24, 2.45) is 17.6 Å². The molecule has 1 aliphatic rings. The fourth-order valence-corrected chi connectivity index (χ4v) is 3.70. The van der Waals surface area contributed by atoms with Crippen molar-refractivity contribution in [3.05, 3.63) is 34.2 Å². The summed E-state index contributed by atoms with van der Waals surface area (Å²) in [5.41, 5.74) is 5.26. The minimum absolute atomic E-state index is 0.0647. The third-order valence-electron chi connectivity index (χ3n) is 5.01. The number of nitrogens with zero attached hydrogens (tertiary/aromatic N) is 1. The molecule has 0 aromatic carbocycles. The Labute approximate surface area is 164 Å². The van der Waals surface area contributed by atoms with Gasteiger partial charge in [0.05, 0.1) is 11.6 Å². The van der Waals surface area contributed by atoms with Crippen LogP contribution in [0.2, 0.25) is 0 Å². The van der Waals surface area contributed by atoms with E-state index in [-0.39, 0.29) is 36.1 Å². The first kappa shape index (κ1) is 21.6. The van der Waals surface area contributed by atoms with Gasteiger partial charge in [-0.2, -0.15) is 5.26 Å². The fraction of sp³-hybridized carbons (Fsp3) is 0.600. The number of nitriles is 1. The minimum atomic E-state index is -1.33. The number of carbonyl (C=O) groups is 2. The molecule has 3 atom stereocenters. The maximum atomic E-state index is 13.0. The molecule has 0 unspecified atom stereocenters. The number of amides is 2. The summed E-state index contributed by atoms with van der Waals surface area (Å²) in [6, 6.07) is 4.58. The quantitative estimate of drug-likeness (QED) is 0.516. The molecule has 0 bridgehead atoms. The maximum absolute atomic E-state index is 13.0. The van der Waals surface area contributed by atoms with Crippen molar-refractivity contribution in [2.75, 3.05) is 6.54 Å². The van der Waals surface area contributed by atoms with Gasteiger partial charge in [-0.3, -0.25) is 14.4 Å². The first-order valence-electron chi connectivity index (χ1n) is 9.69. The first-order valence-corrected chi connectivity index (χ1v) is 9.69. The van der Waals surface area contributed by atoms with Crippen molar-refractivity contribution in [2.45, 2.75) is 57.5 Å². The Balaban J connectivity index is 2.14. The van der Waals surface area contributed by atoms with Crippen LogP contribution in [0, 0.1) is 23.2 Å². The molecule has 0 radical (unpaired) electrons. The summed E-state index contributed by atoms with van der Waals surface area (Å²) >= 11 is 0. The Hall–Kier alpha value is -2.66. The Kier molecular flexibility index (Phi) is 7.35. The smallest absolute Gasteiger partial charge is 0.251 e. The number of aromatic nitrogens is 1. The van der Waals surface area contributed by atoms with Crippen molar-refractivity contribution in [1.82, 2.24) is 15.6 Å². The van der Waals surface area contributed by atoms with Crippen LogP contribution in [0.3, 0.4) is 0 Å². The van der Waals surface area contributed by atoms with Crippen LogP contribution in [-0.2, 0) is 16.0 Å². The molecule has 1 aliphatic heterocycles. The molecule has 0 aliphatic carbocycles. The molecule has 28 heavy (non-hydrogen) atoms. The summed E-state index contributed by atoms with van der Waals surface area (Å²) in [7, 11) is 0. The van der Waals surface area contributed by atoms with Crippen molar-refractivity contribution in [3.63, 3.8) is 0 Å². The molecule has 2 heterocycles. The highest BCUT2D eigenvalue weighted by molar-refractivity contribution is 5.87. The van der Waals surface area contributed by atoms with E-state index in [2.05, 4.69) is 21.7 Å². The topological polar surface area (TPSA) is 141 Å². The molecule has 2 rings (SSSR count). The fourth-order valence-electron chi connectivity index (χ4n) is 3.70. The SMILES string of the molecule is CC(C)C[C@@](N)(Cc1ccc[nH]c1=O)C(=O)N[C@H](C#N)C[C@@H]1CCCNC1=O. The van der Waals surface area contributed by atoms with E-state index in [1.807, 2.05) is 13.8 Å². The Morgan fingerprint density at radius 2 is 2.21 bits per heavy atom. The zero-order valence-electron chi connectivity index (χ0n) is 16.5. The third kappa shape index (κ3) is 5.67. The number of pyridine rings is 1. The molecular weight excluding hydrogens is 358 g/mol. The van der Waals surface area contributed by atoms with E-state index in [0.717, 1.165) is 6.42 Å². The number of hydrogen-bond donors (Lipinski definition) is 4. The lowest BCUT2D eigenvalue weighted by Crippen LogP contribution is -2.59. The van der Waals surface area contributed by atoms with Crippen LogP contribution in [0.4, 0.5) is 0 Å². The van der Waals surface area contributed by atoms with Gasteiger partial charge >= 0.3 is 0 Å². The zero-order valence-corrected chi connectivity index (χ0v) is 16.5. The highest BCUT2D eigenvalue weighted by Crippen LogP contribution is 2.21. The van der Waals surface area contributed by atoms with Crippen LogP contribution >= 0.6 is 0 Å². The molecule has 152 valence electrons. The van der Waals surface area contributed by atoms with Gasteiger partial charge in [-0.1, -0.05) is 19.9 Å². The molecule has 1 saturated heterocycles. The summed E-state index contributed by atoms with van der Waals surface area (Å²) in [4.78, 5) is 39.6. The summed E-state index contributed by atoms with van der Waals surface area (Å²) in [5.74, 6) is -0.749. The number of rotatable bonds is 8. The van der Waals surface area contributed by atoms with Gasteiger partial charge in [0, 0.05) is 30.6 Å². The molecule has 5 N–H and O–H groups in total. The van der Waals surface area contributed by atoms with Crippen LogP contribution < -0.4 is 21.9 Å². The molecule has 0 saturated carbocycles. The number of nitrogens with one attached hydrogen (secondary N) is 3. The Morgan fingerprint density at radius 3 is 2.82 bits per heavy atom. The molecule has 0 spiro atoms. The average molecular weight is 387 g/mol. The lowest BCUT2D eigenvalue weighted by Gasteiger charge is -2.31. The van der Waals surface area contributed by atoms with E-state index >= 15 is 0 Å². The van der Waals surface area contributed by atoms with E-state index in [1.54, 1.807) is 12.1 Å². The van der Waals surface area contributed by atoms with Gasteiger partial charge in [-0.15, -0.1) is 0 Å². The van der Waals surface area contributed by atoms with E-state index in [9.17, 15) is 19.6 Å². The lowest BCUT2D eigenvalue weighted by atomic mass is 9.83. The number of nitrogens with two attached hydrogens (primary N) is 1. The van der Waals surface area contributed by atoms with Crippen molar-refractivity contribution >= 4 is 11.8 Å². The molecule has 1 aromatic heterocycles. The zero-order chi connectivity index (χ0) is 20.7. The predicted molar refractivity (Wildman–Crippen MR) is 105 cm³/mol. The lowest BCUT2D eigenvalue weighted by molar-refractivity contribution is -0.129. The van der Waals surface area contributed by atoms with E-state index in [1.165, 1.54) is 6.20 Å². The summed E-state index contributed by atoms with van der Waals surface area (Å²) in [6.45, 7) is 4.53. The van der Waals surface area contributed by atoms with Crippen LogP contribution in [-0.4, -0.2) is 34.9 Å². The van der Waals surface area contributed by atoms with E-state index in [0.29, 0.717) is 24.9 Å². The summed E-state index contributed by atoms with van der Waals surface area (Å²) in [6.07, 6.45) is 3.74. The minimum Gasteiger partial charge on any atom is -0.356 e. The van der Waals surface area contributed by atoms with Crippen molar-refractivity contribution < 1.29 is 9.59 Å². The molecule has 2 amide bonds. The largest absolute Gasteiger partial charge is 0.356 e. The monoisotopic (exact) mass is 387 g/mol. The standard InChI is InChI=1S/C20H29N5O3/c1-13(2)10-20(22,11-15-6-4-8-24-18(15)27)19(28)25-16(12-21)9-14-5-3-7-23-17(14)26/h4,6,8,13-14,16H,3,5,7,9-11,22H2,1-2H3,(H,23,26)(H,24,27)(H,25,28)/t14-,16-,20+/m0/s1. The van der Waals surface area contributed by atoms with Crippen LogP contribution in [0.25, 0.3) is 0 Å². The summed E-state index contributed by atoms with van der Waals surface area (Å²) < 4.78 is 0. The van der Waals surface area contributed by atoms with E-state index < -0.39 is 17.5 Å². The van der Waals surface area contributed by atoms with Gasteiger partial charge in [0.2, 0.25) is 11.8 Å². The summed E-state index contributed by atoms with van der Waals surface area (Å²) in [5, 5.41) is 15.0. The molecule has 1 fully saturated rings. The van der Waals surface area contributed by atoms with Gasteiger partial charge in [0.15, 0.2) is 0 Å². The van der Waals surface area contributed by atoms with Gasteiger partial charge in [-0.25, -0.2) is 0 Å². The number of carbonyl (C=O) groups excluding carboxylic acids is 2. The normalized spacial score (nSPS) is 20.0. The molecule has 1 aromatic rings. The van der Waals surface area contributed by atoms with Gasteiger partial charge in [0.1, 0.15) is 6.04 Å². The maximum Gasteiger partial charge on any atom is 0.251 e. The van der Waals surface area contributed by atoms with Crippen LogP contribution in [0.5, 0.6) is 0 Å². The highest BCUT2D eigenvalue weighted by atomic mass is 16.2. The van der Waals surface area contributed by atoms with Crippen LogP contribution in [0.1, 0.15) is 45.1 Å². The third-order valence-corrected chi connectivity index (χ3v) is 5.01. The Morgan fingerprint density at radius 1 is 1.46 bits per heavy atom. The predicted octanol–water partition coefficient (Wildman–Crippen LogP) is 0.586. The van der Waals surface area contributed by atoms with Crippen molar-refractivity contribution in [3.8, 4) is 6.07 Å². The van der Waals surface area contributed by atoms with Crippen LogP contribution in [0.15, 0.2) is 23.1 Å². The Bertz CT molecular complexity index is 798. The van der Waals surface area contributed by atoms with E-state index in [4.69, 9.17) is 5.73 Å². The second-order valence-electron chi connectivity index (χ2n) is 7.98. The second kappa shape index (κ2) is 9.51. The number of piperidine rings is 1. The average Bonchev–Trinajstić information content (AvgIpc) is 2.64. The number of aromatic amines is 1. The molecule has 8 nitrogen and oxygen atoms in total. The van der Waals surface area contributed by atoms with Crippen molar-refractivity contribution in [1.29, 1.82) is 5.26 Å². The highest BCUT2D eigenvalue weighted by Gasteiger charge is 2.37.